The van der Waals surface area contributed by atoms with E-state index < -0.39 is 23.6 Å². The van der Waals surface area contributed by atoms with E-state index in [9.17, 15) is 27.6 Å². The highest BCUT2D eigenvalue weighted by Gasteiger charge is 2.30. The molecule has 8 nitrogen and oxygen atoms in total. The molecule has 0 atom stereocenters. The molecule has 0 fully saturated rings. The second-order valence-corrected chi connectivity index (χ2v) is 6.57. The Morgan fingerprint density at radius 1 is 0.848 bits per heavy atom. The number of benzene rings is 2. The van der Waals surface area contributed by atoms with Crippen molar-refractivity contribution in [3.05, 3.63) is 78.1 Å². The molecule has 0 saturated heterocycles. The Kier molecular flexibility index (Phi) is 6.91. The van der Waals surface area contributed by atoms with Gasteiger partial charge >= 0.3 is 18.0 Å². The van der Waals surface area contributed by atoms with Gasteiger partial charge in [-0.05, 0) is 42.5 Å². The minimum absolute atomic E-state index is 0.0323. The Labute approximate surface area is 185 Å². The van der Waals surface area contributed by atoms with Crippen molar-refractivity contribution in [2.75, 3.05) is 17.7 Å². The van der Waals surface area contributed by atoms with Gasteiger partial charge in [-0.25, -0.2) is 0 Å². The van der Waals surface area contributed by atoms with Crippen LogP contribution in [-0.4, -0.2) is 29.8 Å². The maximum absolute atomic E-state index is 12.6. The number of pyridine rings is 1. The Hall–Kier alpha value is -4.41. The van der Waals surface area contributed by atoms with Crippen LogP contribution in [0.1, 0.15) is 16.1 Å². The quantitative estimate of drug-likeness (QED) is 0.504. The highest BCUT2D eigenvalue weighted by molar-refractivity contribution is 6.43. The van der Waals surface area contributed by atoms with Crippen molar-refractivity contribution in [2.45, 2.75) is 6.18 Å². The largest absolute Gasteiger partial charge is 0.457 e. The van der Waals surface area contributed by atoms with Gasteiger partial charge < -0.3 is 20.7 Å². The number of halogens is 3. The fourth-order valence-electron chi connectivity index (χ4n) is 2.62. The molecule has 33 heavy (non-hydrogen) atoms. The van der Waals surface area contributed by atoms with E-state index in [1.54, 1.807) is 12.1 Å². The van der Waals surface area contributed by atoms with Gasteiger partial charge in [-0.3, -0.25) is 19.4 Å². The zero-order valence-corrected chi connectivity index (χ0v) is 17.1. The van der Waals surface area contributed by atoms with E-state index in [2.05, 4.69) is 20.9 Å². The molecule has 1 heterocycles. The molecule has 11 heteroatoms. The Bertz CT molecular complexity index is 1180. The number of alkyl halides is 3. The molecule has 2 aromatic carbocycles. The molecule has 0 bridgehead atoms. The van der Waals surface area contributed by atoms with Crippen LogP contribution < -0.4 is 20.7 Å². The Balaban J connectivity index is 1.63. The van der Waals surface area contributed by atoms with E-state index in [0.717, 1.165) is 24.3 Å². The van der Waals surface area contributed by atoms with Crippen LogP contribution in [0, 0.1) is 0 Å². The lowest BCUT2D eigenvalue weighted by molar-refractivity contribution is -0.137. The van der Waals surface area contributed by atoms with E-state index in [1.165, 1.54) is 37.5 Å². The predicted octanol–water partition coefficient (Wildman–Crippen LogP) is 3.83. The zero-order chi connectivity index (χ0) is 24.0. The van der Waals surface area contributed by atoms with Crippen LogP contribution in [0.25, 0.3) is 0 Å². The standard InChI is InChI=1S/C22H17F3N4O4/c1-26-19(30)18-12-17(9-10-27-18)33-16-4-2-3-15(11-16)29-21(32)20(31)28-14-7-5-13(6-8-14)22(23,24)25/h2-12H,1H3,(H,26,30)(H,28,31)(H,29,32). The van der Waals surface area contributed by atoms with Gasteiger partial charge in [0.1, 0.15) is 17.2 Å². The van der Waals surface area contributed by atoms with E-state index >= 15 is 0 Å². The molecule has 3 rings (SSSR count). The van der Waals surface area contributed by atoms with Crippen LogP contribution in [0.15, 0.2) is 66.9 Å². The number of hydrogen-bond donors (Lipinski definition) is 3. The summed E-state index contributed by atoms with van der Waals surface area (Å²) in [5.41, 5.74) is -0.455. The summed E-state index contributed by atoms with van der Waals surface area (Å²) in [6.07, 6.45) is -3.11. The van der Waals surface area contributed by atoms with Gasteiger partial charge in [0.15, 0.2) is 0 Å². The molecule has 0 aliphatic rings. The average molecular weight is 458 g/mol. The van der Waals surface area contributed by atoms with E-state index in [0.29, 0.717) is 11.5 Å². The van der Waals surface area contributed by atoms with Crippen LogP contribution in [0.4, 0.5) is 24.5 Å². The normalized spacial score (nSPS) is 10.8. The summed E-state index contributed by atoms with van der Waals surface area (Å²) in [5, 5.41) is 7.05. The maximum atomic E-state index is 12.6. The number of nitrogens with zero attached hydrogens (tertiary/aromatic N) is 1. The van der Waals surface area contributed by atoms with Gasteiger partial charge in [-0.15, -0.1) is 0 Å². The molecule has 0 aliphatic carbocycles. The number of rotatable bonds is 5. The number of carbonyl (C=O) groups is 3. The van der Waals surface area contributed by atoms with Gasteiger partial charge in [0.2, 0.25) is 0 Å². The molecule has 0 saturated carbocycles. The zero-order valence-electron chi connectivity index (χ0n) is 17.1. The van der Waals surface area contributed by atoms with Crippen LogP contribution in [0.5, 0.6) is 11.5 Å². The first-order valence-electron chi connectivity index (χ1n) is 9.41. The number of aromatic nitrogens is 1. The fraction of sp³-hybridized carbons (Fsp3) is 0.0909. The van der Waals surface area contributed by atoms with Crippen LogP contribution >= 0.6 is 0 Å². The van der Waals surface area contributed by atoms with Crippen LogP contribution in [0.3, 0.4) is 0 Å². The molecule has 3 amide bonds. The average Bonchev–Trinajstić information content (AvgIpc) is 2.78. The molecule has 170 valence electrons. The summed E-state index contributed by atoms with van der Waals surface area (Å²) in [5.74, 6) is -1.85. The molecule has 0 unspecified atom stereocenters. The first kappa shape index (κ1) is 23.3. The molecule has 3 aromatic rings. The Morgan fingerprint density at radius 2 is 1.48 bits per heavy atom. The monoisotopic (exact) mass is 458 g/mol. The van der Waals surface area contributed by atoms with Crippen molar-refractivity contribution < 1.29 is 32.3 Å². The number of hydrogen-bond acceptors (Lipinski definition) is 5. The lowest BCUT2D eigenvalue weighted by atomic mass is 10.2. The summed E-state index contributed by atoms with van der Waals surface area (Å²) in [4.78, 5) is 39.9. The summed E-state index contributed by atoms with van der Waals surface area (Å²) < 4.78 is 43.5. The number of nitrogens with one attached hydrogen (secondary N) is 3. The highest BCUT2D eigenvalue weighted by atomic mass is 19.4. The van der Waals surface area contributed by atoms with Crippen molar-refractivity contribution in [3.63, 3.8) is 0 Å². The fourth-order valence-corrected chi connectivity index (χ4v) is 2.62. The van der Waals surface area contributed by atoms with Gasteiger partial charge in [0, 0.05) is 36.8 Å². The minimum Gasteiger partial charge on any atom is -0.457 e. The second-order valence-electron chi connectivity index (χ2n) is 6.57. The van der Waals surface area contributed by atoms with Crippen LogP contribution in [0.2, 0.25) is 0 Å². The Morgan fingerprint density at radius 3 is 2.12 bits per heavy atom. The second kappa shape index (κ2) is 9.81. The number of ether oxygens (including phenoxy) is 1. The third-order valence-electron chi connectivity index (χ3n) is 4.20. The van der Waals surface area contributed by atoms with Crippen molar-refractivity contribution in [3.8, 4) is 11.5 Å². The summed E-state index contributed by atoms with van der Waals surface area (Å²) in [6, 6.07) is 12.8. The lowest BCUT2D eigenvalue weighted by Gasteiger charge is -2.10. The molecular weight excluding hydrogens is 441 g/mol. The number of anilines is 2. The SMILES string of the molecule is CNC(=O)c1cc(Oc2cccc(NC(=O)C(=O)Nc3ccc(C(F)(F)F)cc3)c2)ccn1. The van der Waals surface area contributed by atoms with Gasteiger partial charge in [-0.1, -0.05) is 6.07 Å². The summed E-state index contributed by atoms with van der Waals surface area (Å²) in [6.45, 7) is 0. The van der Waals surface area contributed by atoms with Crippen molar-refractivity contribution in [1.82, 2.24) is 10.3 Å². The molecule has 0 radical (unpaired) electrons. The van der Waals surface area contributed by atoms with Gasteiger partial charge in [-0.2, -0.15) is 13.2 Å². The third kappa shape index (κ3) is 6.29. The first-order valence-corrected chi connectivity index (χ1v) is 9.41. The molecule has 0 aliphatic heterocycles. The van der Waals surface area contributed by atoms with E-state index in [1.807, 2.05) is 0 Å². The van der Waals surface area contributed by atoms with Gasteiger partial charge in [0.05, 0.1) is 5.56 Å². The third-order valence-corrected chi connectivity index (χ3v) is 4.20. The van der Waals surface area contributed by atoms with Crippen LogP contribution in [-0.2, 0) is 15.8 Å². The number of amides is 3. The lowest BCUT2D eigenvalue weighted by Crippen LogP contribution is -2.29. The molecular formula is C22H17F3N4O4. The molecule has 0 spiro atoms. The molecule has 1 aromatic heterocycles. The topological polar surface area (TPSA) is 109 Å². The van der Waals surface area contributed by atoms with Crippen molar-refractivity contribution >= 4 is 29.1 Å². The summed E-state index contributed by atoms with van der Waals surface area (Å²) >= 11 is 0. The molecule has 3 N–H and O–H groups in total. The number of carbonyl (C=O) groups excluding carboxylic acids is 3. The van der Waals surface area contributed by atoms with Crippen molar-refractivity contribution in [1.29, 1.82) is 0 Å². The maximum Gasteiger partial charge on any atom is 0.416 e. The highest BCUT2D eigenvalue weighted by Crippen LogP contribution is 2.30. The van der Waals surface area contributed by atoms with E-state index in [4.69, 9.17) is 4.74 Å². The van der Waals surface area contributed by atoms with Crippen molar-refractivity contribution in [2.24, 2.45) is 0 Å². The smallest absolute Gasteiger partial charge is 0.416 e. The first-order chi connectivity index (χ1) is 15.7. The van der Waals surface area contributed by atoms with Gasteiger partial charge in [0.25, 0.3) is 5.91 Å². The van der Waals surface area contributed by atoms with E-state index in [-0.39, 0.29) is 23.0 Å². The summed E-state index contributed by atoms with van der Waals surface area (Å²) in [7, 11) is 1.47. The minimum atomic E-state index is -4.51. The predicted molar refractivity (Wildman–Crippen MR) is 113 cm³/mol.